The lowest BCUT2D eigenvalue weighted by molar-refractivity contribution is 0.165. The minimum absolute atomic E-state index is 0.124. The standard InChI is InChI=1S/C13H18N2O3/c1-13(2,8-16)7-15(3)9-4-5-10-11(6-9)18-12(17)14-10/h4-6,16H,7-8H2,1-3H3,(H,14,17). The van der Waals surface area contributed by atoms with Gasteiger partial charge in [-0.15, -0.1) is 0 Å². The van der Waals surface area contributed by atoms with Crippen molar-refractivity contribution in [1.29, 1.82) is 0 Å². The van der Waals surface area contributed by atoms with Crippen LogP contribution >= 0.6 is 0 Å². The molecule has 0 radical (unpaired) electrons. The summed E-state index contributed by atoms with van der Waals surface area (Å²) in [5.41, 5.74) is 2.01. The Balaban J connectivity index is 2.27. The lowest BCUT2D eigenvalue weighted by Gasteiger charge is -2.29. The summed E-state index contributed by atoms with van der Waals surface area (Å²) < 4.78 is 5.03. The number of nitrogens with zero attached hydrogens (tertiary/aromatic N) is 1. The van der Waals surface area contributed by atoms with Crippen LogP contribution in [0.2, 0.25) is 0 Å². The maximum Gasteiger partial charge on any atom is 0.417 e. The van der Waals surface area contributed by atoms with Crippen molar-refractivity contribution in [1.82, 2.24) is 4.98 Å². The minimum Gasteiger partial charge on any atom is -0.408 e. The number of hydrogen-bond acceptors (Lipinski definition) is 4. The summed E-state index contributed by atoms with van der Waals surface area (Å²) in [6.45, 7) is 4.83. The highest BCUT2D eigenvalue weighted by molar-refractivity contribution is 5.77. The van der Waals surface area contributed by atoms with Crippen LogP contribution in [0.5, 0.6) is 0 Å². The lowest BCUT2D eigenvalue weighted by atomic mass is 9.94. The van der Waals surface area contributed by atoms with Gasteiger partial charge in [0.05, 0.1) is 5.52 Å². The highest BCUT2D eigenvalue weighted by Gasteiger charge is 2.19. The van der Waals surface area contributed by atoms with Crippen LogP contribution in [-0.2, 0) is 0 Å². The molecule has 2 N–H and O–H groups in total. The molecule has 0 unspecified atom stereocenters. The largest absolute Gasteiger partial charge is 0.417 e. The Labute approximate surface area is 105 Å². The second-order valence-electron chi connectivity index (χ2n) is 5.37. The molecule has 0 atom stereocenters. The van der Waals surface area contributed by atoms with Crippen LogP contribution in [0.1, 0.15) is 13.8 Å². The van der Waals surface area contributed by atoms with E-state index in [1.54, 1.807) is 0 Å². The summed E-state index contributed by atoms with van der Waals surface area (Å²) >= 11 is 0. The van der Waals surface area contributed by atoms with E-state index in [1.807, 2.05) is 44.0 Å². The third kappa shape index (κ3) is 2.56. The Kier molecular flexibility index (Phi) is 3.17. The molecule has 0 bridgehead atoms. The van der Waals surface area contributed by atoms with Gasteiger partial charge in [-0.1, -0.05) is 13.8 Å². The first-order chi connectivity index (χ1) is 8.41. The molecule has 0 fully saturated rings. The molecular formula is C13H18N2O3. The minimum atomic E-state index is -0.444. The number of fused-ring (bicyclic) bond motifs is 1. The lowest BCUT2D eigenvalue weighted by Crippen LogP contribution is -2.33. The maximum absolute atomic E-state index is 11.1. The predicted octanol–water partition coefficient (Wildman–Crippen LogP) is 1.58. The van der Waals surface area contributed by atoms with Gasteiger partial charge < -0.3 is 14.4 Å². The van der Waals surface area contributed by atoms with Gasteiger partial charge >= 0.3 is 5.76 Å². The first-order valence-corrected chi connectivity index (χ1v) is 5.86. The van der Waals surface area contributed by atoms with E-state index in [-0.39, 0.29) is 12.0 Å². The highest BCUT2D eigenvalue weighted by atomic mass is 16.4. The summed E-state index contributed by atoms with van der Waals surface area (Å²) in [7, 11) is 1.95. The SMILES string of the molecule is CN(CC(C)(C)CO)c1ccc2[nH]c(=O)oc2c1. The molecule has 0 saturated carbocycles. The first-order valence-electron chi connectivity index (χ1n) is 5.86. The normalized spacial score (nSPS) is 12.0. The van der Waals surface area contributed by atoms with Crippen LogP contribution in [0.4, 0.5) is 5.69 Å². The molecule has 5 nitrogen and oxygen atoms in total. The van der Waals surface area contributed by atoms with Gasteiger partial charge in [0.2, 0.25) is 0 Å². The van der Waals surface area contributed by atoms with Crippen molar-refractivity contribution < 1.29 is 9.52 Å². The number of H-pyrrole nitrogens is 1. The van der Waals surface area contributed by atoms with Crippen LogP contribution in [-0.4, -0.2) is 30.3 Å². The van der Waals surface area contributed by atoms with Gasteiger partial charge in [0.15, 0.2) is 5.58 Å². The van der Waals surface area contributed by atoms with E-state index in [9.17, 15) is 9.90 Å². The number of nitrogens with one attached hydrogen (secondary N) is 1. The second kappa shape index (κ2) is 4.49. The van der Waals surface area contributed by atoms with Crippen molar-refractivity contribution in [2.75, 3.05) is 25.1 Å². The van der Waals surface area contributed by atoms with Crippen molar-refractivity contribution in [2.24, 2.45) is 5.41 Å². The van der Waals surface area contributed by atoms with Gasteiger partial charge in [-0.25, -0.2) is 4.79 Å². The zero-order valence-corrected chi connectivity index (χ0v) is 10.9. The van der Waals surface area contributed by atoms with E-state index in [4.69, 9.17) is 4.42 Å². The molecule has 0 amide bonds. The van der Waals surface area contributed by atoms with E-state index in [2.05, 4.69) is 4.98 Å². The van der Waals surface area contributed by atoms with Crippen molar-refractivity contribution >= 4 is 16.8 Å². The van der Waals surface area contributed by atoms with Crippen LogP contribution in [0.3, 0.4) is 0 Å². The van der Waals surface area contributed by atoms with Crippen molar-refractivity contribution in [3.63, 3.8) is 0 Å². The summed E-state index contributed by atoms with van der Waals surface area (Å²) in [4.78, 5) is 15.7. The molecule has 5 heteroatoms. The quantitative estimate of drug-likeness (QED) is 0.864. The Hall–Kier alpha value is -1.75. The number of anilines is 1. The van der Waals surface area contributed by atoms with E-state index < -0.39 is 5.76 Å². The molecule has 2 rings (SSSR count). The van der Waals surface area contributed by atoms with E-state index in [1.165, 1.54) is 0 Å². The monoisotopic (exact) mass is 250 g/mol. The first kappa shape index (κ1) is 12.7. The third-order valence-corrected chi connectivity index (χ3v) is 2.94. The number of oxazole rings is 1. The average molecular weight is 250 g/mol. The number of aliphatic hydroxyl groups excluding tert-OH is 1. The predicted molar refractivity (Wildman–Crippen MR) is 71.0 cm³/mol. The third-order valence-electron chi connectivity index (χ3n) is 2.94. The van der Waals surface area contributed by atoms with Crippen molar-refractivity contribution in [3.8, 4) is 0 Å². The molecule has 0 aliphatic heterocycles. The summed E-state index contributed by atoms with van der Waals surface area (Å²) in [6.07, 6.45) is 0. The van der Waals surface area contributed by atoms with E-state index in [0.717, 1.165) is 5.69 Å². The zero-order valence-electron chi connectivity index (χ0n) is 10.9. The zero-order chi connectivity index (χ0) is 13.3. The van der Waals surface area contributed by atoms with Crippen LogP contribution in [0.15, 0.2) is 27.4 Å². The molecule has 0 spiro atoms. The van der Waals surface area contributed by atoms with Gasteiger partial charge in [-0.05, 0) is 12.1 Å². The Bertz CT molecular complexity index is 598. The fourth-order valence-corrected chi connectivity index (χ4v) is 1.95. The number of hydrogen-bond donors (Lipinski definition) is 2. The topological polar surface area (TPSA) is 69.5 Å². The molecule has 0 aliphatic rings. The number of rotatable bonds is 4. The molecule has 18 heavy (non-hydrogen) atoms. The molecule has 0 aliphatic carbocycles. The molecule has 0 saturated heterocycles. The van der Waals surface area contributed by atoms with Gasteiger partial charge in [-0.3, -0.25) is 4.98 Å². The average Bonchev–Trinajstić information content (AvgIpc) is 2.67. The van der Waals surface area contributed by atoms with E-state index >= 15 is 0 Å². The van der Waals surface area contributed by atoms with Gasteiger partial charge in [-0.2, -0.15) is 0 Å². The van der Waals surface area contributed by atoms with E-state index in [0.29, 0.717) is 17.6 Å². The van der Waals surface area contributed by atoms with Crippen LogP contribution in [0.25, 0.3) is 11.1 Å². The number of aromatic nitrogens is 1. The Morgan fingerprint density at radius 1 is 1.44 bits per heavy atom. The number of aromatic amines is 1. The number of aliphatic hydroxyl groups is 1. The van der Waals surface area contributed by atoms with Gasteiger partial charge in [0.1, 0.15) is 0 Å². The van der Waals surface area contributed by atoms with Gasteiger partial charge in [0.25, 0.3) is 0 Å². The molecule has 1 heterocycles. The fourth-order valence-electron chi connectivity index (χ4n) is 1.95. The molecule has 1 aromatic heterocycles. The summed E-state index contributed by atoms with van der Waals surface area (Å²) in [5.74, 6) is -0.444. The molecule has 2 aromatic rings. The molecule has 98 valence electrons. The Morgan fingerprint density at radius 2 is 2.17 bits per heavy atom. The molecular weight excluding hydrogens is 232 g/mol. The summed E-state index contributed by atoms with van der Waals surface area (Å²) in [6, 6.07) is 5.56. The Morgan fingerprint density at radius 3 is 2.83 bits per heavy atom. The smallest absolute Gasteiger partial charge is 0.408 e. The molecule has 1 aromatic carbocycles. The van der Waals surface area contributed by atoms with Crippen molar-refractivity contribution in [3.05, 3.63) is 28.7 Å². The van der Waals surface area contributed by atoms with Crippen molar-refractivity contribution in [2.45, 2.75) is 13.8 Å². The summed E-state index contributed by atoms with van der Waals surface area (Å²) in [5, 5.41) is 9.27. The fraction of sp³-hybridized carbons (Fsp3) is 0.462. The second-order valence-corrected chi connectivity index (χ2v) is 5.37. The van der Waals surface area contributed by atoms with Gasteiger partial charge in [0, 0.05) is 37.4 Å². The highest BCUT2D eigenvalue weighted by Crippen LogP contribution is 2.23. The van der Waals surface area contributed by atoms with Crippen LogP contribution in [0, 0.1) is 5.41 Å². The maximum atomic E-state index is 11.1. The number of benzene rings is 1. The van der Waals surface area contributed by atoms with Crippen LogP contribution < -0.4 is 10.7 Å².